The fourth-order valence-corrected chi connectivity index (χ4v) is 1.75. The summed E-state index contributed by atoms with van der Waals surface area (Å²) in [5, 5.41) is 0. The Morgan fingerprint density at radius 2 is 1.25 bits per heavy atom. The Kier molecular flexibility index (Phi) is 5.76. The molecule has 24 heavy (non-hydrogen) atoms. The number of benzene rings is 2. The number of rotatable bonds is 2. The standard InChI is InChI=1S/C19H13F3O2/c1-23-17-11-7-15(8-12-17)5-3-2-4-6-16-9-13-18(14-10-16)24-19(20,21)22/h7-14H,2H2,1H3. The molecule has 0 aliphatic heterocycles. The van der Waals surface area contributed by atoms with Gasteiger partial charge in [0.05, 0.1) is 13.5 Å². The lowest BCUT2D eigenvalue weighted by molar-refractivity contribution is -0.274. The smallest absolute Gasteiger partial charge is 0.497 e. The number of methoxy groups -OCH3 is 1. The molecule has 0 aromatic heterocycles. The number of hydrogen-bond donors (Lipinski definition) is 0. The minimum Gasteiger partial charge on any atom is -0.497 e. The molecule has 0 fully saturated rings. The van der Waals surface area contributed by atoms with Crippen LogP contribution in [0.1, 0.15) is 17.5 Å². The van der Waals surface area contributed by atoms with Gasteiger partial charge in [0.25, 0.3) is 0 Å². The minimum atomic E-state index is -4.69. The molecule has 0 aliphatic rings. The maximum absolute atomic E-state index is 12.0. The molecule has 2 aromatic carbocycles. The van der Waals surface area contributed by atoms with E-state index in [-0.39, 0.29) is 5.75 Å². The van der Waals surface area contributed by atoms with Crippen molar-refractivity contribution in [3.8, 4) is 35.2 Å². The first-order chi connectivity index (χ1) is 11.5. The first kappa shape index (κ1) is 17.3. The number of ether oxygens (including phenoxy) is 2. The molecule has 0 amide bonds. The maximum Gasteiger partial charge on any atom is 0.573 e. The monoisotopic (exact) mass is 330 g/mol. The quantitative estimate of drug-likeness (QED) is 0.761. The highest BCUT2D eigenvalue weighted by molar-refractivity contribution is 5.41. The topological polar surface area (TPSA) is 18.5 Å². The van der Waals surface area contributed by atoms with Gasteiger partial charge in [0.2, 0.25) is 0 Å². The minimum absolute atomic E-state index is 0.271. The van der Waals surface area contributed by atoms with E-state index in [4.69, 9.17) is 4.74 Å². The summed E-state index contributed by atoms with van der Waals surface area (Å²) < 4.78 is 45.0. The lowest BCUT2D eigenvalue weighted by Crippen LogP contribution is -2.16. The van der Waals surface area contributed by atoms with Crippen molar-refractivity contribution in [3.63, 3.8) is 0 Å². The van der Waals surface area contributed by atoms with E-state index in [0.29, 0.717) is 12.0 Å². The second kappa shape index (κ2) is 7.99. The molecule has 0 aliphatic carbocycles. The summed E-state index contributed by atoms with van der Waals surface area (Å²) >= 11 is 0. The molecule has 0 saturated carbocycles. The highest BCUT2D eigenvalue weighted by atomic mass is 19.4. The van der Waals surface area contributed by atoms with E-state index in [0.717, 1.165) is 11.3 Å². The van der Waals surface area contributed by atoms with Crippen LogP contribution < -0.4 is 9.47 Å². The van der Waals surface area contributed by atoms with Crippen LogP contribution in [-0.4, -0.2) is 13.5 Å². The Balaban J connectivity index is 1.90. The molecule has 5 heteroatoms. The van der Waals surface area contributed by atoms with Gasteiger partial charge in [-0.2, -0.15) is 0 Å². The van der Waals surface area contributed by atoms with Gasteiger partial charge in [-0.15, -0.1) is 13.2 Å². The summed E-state index contributed by atoms with van der Waals surface area (Å²) in [7, 11) is 1.60. The highest BCUT2D eigenvalue weighted by Crippen LogP contribution is 2.22. The Bertz CT molecular complexity index is 783. The average molecular weight is 330 g/mol. The zero-order valence-electron chi connectivity index (χ0n) is 12.8. The van der Waals surface area contributed by atoms with Crippen LogP contribution in [0.4, 0.5) is 13.2 Å². The van der Waals surface area contributed by atoms with E-state index in [1.807, 2.05) is 24.3 Å². The van der Waals surface area contributed by atoms with Crippen LogP contribution in [0, 0.1) is 23.7 Å². The Hall–Kier alpha value is -3.05. The van der Waals surface area contributed by atoms with Gasteiger partial charge in [-0.3, -0.25) is 0 Å². The second-order valence-electron chi connectivity index (χ2n) is 4.58. The predicted octanol–water partition coefficient (Wildman–Crippen LogP) is 4.39. The van der Waals surface area contributed by atoms with Gasteiger partial charge in [0, 0.05) is 11.1 Å². The molecular weight excluding hydrogens is 317 g/mol. The van der Waals surface area contributed by atoms with Crippen LogP contribution in [0.5, 0.6) is 11.5 Å². The molecule has 0 heterocycles. The van der Waals surface area contributed by atoms with E-state index in [2.05, 4.69) is 28.4 Å². The molecule has 0 spiro atoms. The first-order valence-corrected chi connectivity index (χ1v) is 6.94. The van der Waals surface area contributed by atoms with E-state index in [1.165, 1.54) is 24.3 Å². The second-order valence-corrected chi connectivity index (χ2v) is 4.58. The molecule has 0 N–H and O–H groups in total. The van der Waals surface area contributed by atoms with Crippen LogP contribution >= 0.6 is 0 Å². The Morgan fingerprint density at radius 3 is 1.67 bits per heavy atom. The summed E-state index contributed by atoms with van der Waals surface area (Å²) in [5.74, 6) is 12.1. The van der Waals surface area contributed by atoms with Crippen molar-refractivity contribution in [2.75, 3.05) is 7.11 Å². The summed E-state index contributed by atoms with van der Waals surface area (Å²) in [6, 6.07) is 12.7. The fraction of sp³-hybridized carbons (Fsp3) is 0.158. The summed E-state index contributed by atoms with van der Waals surface area (Å²) in [5.41, 5.74) is 1.45. The van der Waals surface area contributed by atoms with Crippen LogP contribution in [-0.2, 0) is 0 Å². The Labute approximate surface area is 138 Å². The van der Waals surface area contributed by atoms with Crippen LogP contribution in [0.2, 0.25) is 0 Å². The number of halogens is 3. The van der Waals surface area contributed by atoms with Crippen LogP contribution in [0.15, 0.2) is 48.5 Å². The van der Waals surface area contributed by atoms with Crippen LogP contribution in [0.3, 0.4) is 0 Å². The van der Waals surface area contributed by atoms with Crippen molar-refractivity contribution in [1.82, 2.24) is 0 Å². The zero-order valence-corrected chi connectivity index (χ0v) is 12.8. The predicted molar refractivity (Wildman–Crippen MR) is 84.5 cm³/mol. The van der Waals surface area contributed by atoms with Gasteiger partial charge < -0.3 is 9.47 Å². The third kappa shape index (κ3) is 5.98. The van der Waals surface area contributed by atoms with E-state index < -0.39 is 6.36 Å². The van der Waals surface area contributed by atoms with Gasteiger partial charge in [0.1, 0.15) is 11.5 Å². The van der Waals surface area contributed by atoms with Crippen molar-refractivity contribution >= 4 is 0 Å². The van der Waals surface area contributed by atoms with Gasteiger partial charge >= 0.3 is 6.36 Å². The molecule has 0 radical (unpaired) electrons. The molecule has 2 nitrogen and oxygen atoms in total. The normalized spacial score (nSPS) is 10.0. The van der Waals surface area contributed by atoms with Crippen LogP contribution in [0.25, 0.3) is 0 Å². The fourth-order valence-electron chi connectivity index (χ4n) is 1.75. The lowest BCUT2D eigenvalue weighted by Gasteiger charge is -2.07. The molecule has 2 rings (SSSR count). The molecule has 122 valence electrons. The molecule has 0 unspecified atom stereocenters. The third-order valence-electron chi connectivity index (χ3n) is 2.82. The van der Waals surface area contributed by atoms with Crippen molar-refractivity contribution in [1.29, 1.82) is 0 Å². The maximum atomic E-state index is 12.0. The van der Waals surface area contributed by atoms with Gasteiger partial charge in [-0.05, 0) is 48.5 Å². The zero-order chi connectivity index (χ0) is 17.4. The third-order valence-corrected chi connectivity index (χ3v) is 2.82. The molecule has 0 saturated heterocycles. The highest BCUT2D eigenvalue weighted by Gasteiger charge is 2.30. The number of hydrogen-bond acceptors (Lipinski definition) is 2. The summed E-state index contributed by atoms with van der Waals surface area (Å²) in [6.45, 7) is 0. The van der Waals surface area contributed by atoms with E-state index in [9.17, 15) is 13.2 Å². The largest absolute Gasteiger partial charge is 0.573 e. The average Bonchev–Trinajstić information content (AvgIpc) is 2.55. The van der Waals surface area contributed by atoms with Crippen molar-refractivity contribution in [2.45, 2.75) is 12.8 Å². The van der Waals surface area contributed by atoms with Gasteiger partial charge in [0.15, 0.2) is 0 Å². The summed E-state index contributed by atoms with van der Waals surface area (Å²) in [6.07, 6.45) is -4.34. The Morgan fingerprint density at radius 1 is 0.792 bits per heavy atom. The molecule has 2 aromatic rings. The van der Waals surface area contributed by atoms with Crippen molar-refractivity contribution in [3.05, 3.63) is 59.7 Å². The van der Waals surface area contributed by atoms with Crippen molar-refractivity contribution in [2.24, 2.45) is 0 Å². The molecule has 0 atom stereocenters. The molecular formula is C19H13F3O2. The van der Waals surface area contributed by atoms with E-state index in [1.54, 1.807) is 7.11 Å². The van der Waals surface area contributed by atoms with Gasteiger partial charge in [-0.1, -0.05) is 23.7 Å². The summed E-state index contributed by atoms with van der Waals surface area (Å²) in [4.78, 5) is 0. The molecule has 0 bridgehead atoms. The van der Waals surface area contributed by atoms with Crippen molar-refractivity contribution < 1.29 is 22.6 Å². The first-order valence-electron chi connectivity index (χ1n) is 6.94. The van der Waals surface area contributed by atoms with E-state index >= 15 is 0 Å². The lowest BCUT2D eigenvalue weighted by atomic mass is 10.2. The SMILES string of the molecule is COc1ccc(C#CCC#Cc2ccc(OC(F)(F)F)cc2)cc1. The number of alkyl halides is 3. The van der Waals surface area contributed by atoms with Gasteiger partial charge in [-0.25, -0.2) is 0 Å².